The molecule has 2 N–H and O–H groups in total. The summed E-state index contributed by atoms with van der Waals surface area (Å²) in [5.74, 6) is -1.54. The van der Waals surface area contributed by atoms with Crippen LogP contribution in [-0.2, 0) is 19.4 Å². The number of hydrogen-bond acceptors (Lipinski definition) is 8. The number of nitrogens with one attached hydrogen (secondary N) is 2. The first-order valence-corrected chi connectivity index (χ1v) is 10.3. The smallest absolute Gasteiger partial charge is 0.338 e. The maximum Gasteiger partial charge on any atom is 0.338 e. The number of methoxy groups -OCH3 is 2. The Morgan fingerprint density at radius 1 is 0.900 bits per heavy atom. The van der Waals surface area contributed by atoms with Gasteiger partial charge < -0.3 is 14.2 Å². The summed E-state index contributed by atoms with van der Waals surface area (Å²) in [6, 6.07) is 9.65. The topological polar surface area (TPSA) is 137 Å². The largest absolute Gasteiger partial charge is 0.493 e. The zero-order chi connectivity index (χ0) is 22.3. The van der Waals surface area contributed by atoms with Gasteiger partial charge in [-0.1, -0.05) is 6.07 Å². The monoisotopic (exact) mass is 436 g/mol. The summed E-state index contributed by atoms with van der Waals surface area (Å²) in [7, 11) is -0.623. The van der Waals surface area contributed by atoms with Crippen molar-refractivity contribution in [3.8, 4) is 11.5 Å². The second kappa shape index (κ2) is 9.74. The van der Waals surface area contributed by atoms with E-state index >= 15 is 0 Å². The minimum Gasteiger partial charge on any atom is -0.493 e. The molecular formula is C19H20N2O8S. The SMILES string of the molecule is COc1ccc(C(=O)NNC(=O)COC(=O)c2cccc(S(C)(=O)=O)c2)cc1OC. The highest BCUT2D eigenvalue weighted by molar-refractivity contribution is 7.90. The van der Waals surface area contributed by atoms with Crippen molar-refractivity contribution < 1.29 is 37.0 Å². The van der Waals surface area contributed by atoms with Crippen molar-refractivity contribution in [1.82, 2.24) is 10.9 Å². The fourth-order valence-electron chi connectivity index (χ4n) is 2.28. The predicted octanol–water partition coefficient (Wildman–Crippen LogP) is 0.725. The average molecular weight is 436 g/mol. The number of benzene rings is 2. The van der Waals surface area contributed by atoms with Gasteiger partial charge in [-0.25, -0.2) is 13.2 Å². The van der Waals surface area contributed by atoms with E-state index in [0.717, 1.165) is 12.3 Å². The number of esters is 1. The Kier molecular flexibility index (Phi) is 7.37. The summed E-state index contributed by atoms with van der Waals surface area (Å²) in [5.41, 5.74) is 4.45. The molecule has 0 aliphatic heterocycles. The lowest BCUT2D eigenvalue weighted by molar-refractivity contribution is -0.125. The van der Waals surface area contributed by atoms with Gasteiger partial charge in [0.1, 0.15) is 0 Å². The summed E-state index contributed by atoms with van der Waals surface area (Å²) in [6.07, 6.45) is 1.01. The molecule has 0 unspecified atom stereocenters. The standard InChI is InChI=1S/C19H20N2O8S/c1-27-15-8-7-12(10-16(15)28-2)18(23)21-20-17(22)11-29-19(24)13-5-4-6-14(9-13)30(3,25)26/h4-10H,11H2,1-3H3,(H,20,22)(H,21,23). The van der Waals surface area contributed by atoms with E-state index < -0.39 is 34.2 Å². The van der Waals surface area contributed by atoms with Crippen molar-refractivity contribution in [1.29, 1.82) is 0 Å². The van der Waals surface area contributed by atoms with Crippen molar-refractivity contribution in [2.24, 2.45) is 0 Å². The first-order valence-electron chi connectivity index (χ1n) is 8.44. The van der Waals surface area contributed by atoms with Gasteiger partial charge in [-0.3, -0.25) is 20.4 Å². The number of hydrogen-bond donors (Lipinski definition) is 2. The third kappa shape index (κ3) is 5.95. The van der Waals surface area contributed by atoms with Gasteiger partial charge in [0.15, 0.2) is 27.9 Å². The Balaban J connectivity index is 1.89. The summed E-state index contributed by atoms with van der Waals surface area (Å²) in [6.45, 7) is -0.686. The van der Waals surface area contributed by atoms with E-state index in [1.165, 1.54) is 50.6 Å². The summed E-state index contributed by atoms with van der Waals surface area (Å²) >= 11 is 0. The van der Waals surface area contributed by atoms with Crippen LogP contribution >= 0.6 is 0 Å². The van der Waals surface area contributed by atoms with Crippen LogP contribution in [0.3, 0.4) is 0 Å². The lowest BCUT2D eigenvalue weighted by atomic mass is 10.2. The molecule has 30 heavy (non-hydrogen) atoms. The van der Waals surface area contributed by atoms with E-state index in [2.05, 4.69) is 10.9 Å². The molecule has 160 valence electrons. The minimum absolute atomic E-state index is 0.0277. The van der Waals surface area contributed by atoms with Crippen LogP contribution in [0.5, 0.6) is 11.5 Å². The van der Waals surface area contributed by atoms with Crippen LogP contribution in [0.2, 0.25) is 0 Å². The molecule has 2 aromatic carbocycles. The Bertz CT molecular complexity index is 1070. The van der Waals surface area contributed by atoms with Crippen LogP contribution in [0, 0.1) is 0 Å². The molecule has 0 spiro atoms. The van der Waals surface area contributed by atoms with Crippen molar-refractivity contribution in [3.63, 3.8) is 0 Å². The van der Waals surface area contributed by atoms with Gasteiger partial charge in [0.25, 0.3) is 11.8 Å². The van der Waals surface area contributed by atoms with Gasteiger partial charge in [0.2, 0.25) is 0 Å². The van der Waals surface area contributed by atoms with Gasteiger partial charge in [0, 0.05) is 11.8 Å². The molecule has 0 fully saturated rings. The zero-order valence-electron chi connectivity index (χ0n) is 16.4. The molecule has 2 rings (SSSR count). The first-order chi connectivity index (χ1) is 14.2. The van der Waals surface area contributed by atoms with Crippen LogP contribution in [0.4, 0.5) is 0 Å². The molecule has 0 aliphatic rings. The predicted molar refractivity (Wildman–Crippen MR) is 105 cm³/mol. The number of sulfone groups is 1. The van der Waals surface area contributed by atoms with Crippen LogP contribution in [0.25, 0.3) is 0 Å². The zero-order valence-corrected chi connectivity index (χ0v) is 17.2. The molecule has 0 bridgehead atoms. The molecule has 10 nitrogen and oxygen atoms in total. The Labute approximate surface area is 173 Å². The van der Waals surface area contributed by atoms with E-state index in [9.17, 15) is 22.8 Å². The summed E-state index contributed by atoms with van der Waals surface area (Å²) in [4.78, 5) is 35.9. The fraction of sp³-hybridized carbons (Fsp3) is 0.211. The molecule has 0 aromatic heterocycles. The lowest BCUT2D eigenvalue weighted by Gasteiger charge is -2.11. The maximum absolute atomic E-state index is 12.1. The number of ether oxygens (including phenoxy) is 3. The minimum atomic E-state index is -3.50. The van der Waals surface area contributed by atoms with Gasteiger partial charge >= 0.3 is 5.97 Å². The molecule has 11 heteroatoms. The van der Waals surface area contributed by atoms with Crippen LogP contribution < -0.4 is 20.3 Å². The van der Waals surface area contributed by atoms with Crippen LogP contribution in [0.1, 0.15) is 20.7 Å². The van der Waals surface area contributed by atoms with E-state index in [0.29, 0.717) is 11.5 Å². The highest BCUT2D eigenvalue weighted by atomic mass is 32.2. The maximum atomic E-state index is 12.1. The highest BCUT2D eigenvalue weighted by Crippen LogP contribution is 2.27. The second-order valence-corrected chi connectivity index (χ2v) is 7.96. The Morgan fingerprint density at radius 3 is 2.23 bits per heavy atom. The molecule has 0 radical (unpaired) electrons. The van der Waals surface area contributed by atoms with Crippen molar-refractivity contribution >= 4 is 27.6 Å². The van der Waals surface area contributed by atoms with Gasteiger partial charge in [-0.15, -0.1) is 0 Å². The highest BCUT2D eigenvalue weighted by Gasteiger charge is 2.15. The third-order valence-electron chi connectivity index (χ3n) is 3.79. The number of carbonyl (C=O) groups is 3. The molecule has 0 saturated carbocycles. The van der Waals surface area contributed by atoms with Crippen LogP contribution in [-0.4, -0.2) is 53.3 Å². The van der Waals surface area contributed by atoms with Crippen LogP contribution in [0.15, 0.2) is 47.4 Å². The second-order valence-electron chi connectivity index (χ2n) is 5.95. The van der Waals surface area contributed by atoms with Gasteiger partial charge in [0.05, 0.1) is 24.7 Å². The van der Waals surface area contributed by atoms with E-state index in [1.807, 2.05) is 0 Å². The molecule has 0 atom stereocenters. The van der Waals surface area contributed by atoms with E-state index in [4.69, 9.17) is 14.2 Å². The van der Waals surface area contributed by atoms with Crippen molar-refractivity contribution in [2.45, 2.75) is 4.90 Å². The molecule has 2 amide bonds. The van der Waals surface area contributed by atoms with E-state index in [-0.39, 0.29) is 16.0 Å². The molecule has 0 saturated heterocycles. The number of hydrazine groups is 1. The third-order valence-corrected chi connectivity index (χ3v) is 4.90. The fourth-order valence-corrected chi connectivity index (χ4v) is 2.95. The molecule has 0 heterocycles. The number of carbonyl (C=O) groups excluding carboxylic acids is 3. The number of amides is 2. The molecule has 2 aromatic rings. The average Bonchev–Trinajstić information content (AvgIpc) is 2.74. The van der Waals surface area contributed by atoms with Crippen molar-refractivity contribution in [3.05, 3.63) is 53.6 Å². The summed E-state index contributed by atoms with van der Waals surface area (Å²) in [5, 5.41) is 0. The van der Waals surface area contributed by atoms with Gasteiger partial charge in [-0.2, -0.15) is 0 Å². The number of rotatable bonds is 7. The quantitative estimate of drug-likeness (QED) is 0.479. The lowest BCUT2D eigenvalue weighted by Crippen LogP contribution is -2.43. The van der Waals surface area contributed by atoms with E-state index in [1.54, 1.807) is 0 Å². The molecular weight excluding hydrogens is 416 g/mol. The Morgan fingerprint density at radius 2 is 1.60 bits per heavy atom. The van der Waals surface area contributed by atoms with Crippen molar-refractivity contribution in [2.75, 3.05) is 27.1 Å². The Hall–Kier alpha value is -3.60. The first kappa shape index (κ1) is 22.7. The summed E-state index contributed by atoms with van der Waals surface area (Å²) < 4.78 is 38.1. The normalized spacial score (nSPS) is 10.6. The van der Waals surface area contributed by atoms with Gasteiger partial charge in [-0.05, 0) is 36.4 Å². The molecule has 0 aliphatic carbocycles.